The fourth-order valence-electron chi connectivity index (χ4n) is 2.02. The summed E-state index contributed by atoms with van der Waals surface area (Å²) in [6.07, 6.45) is 3.96. The Morgan fingerprint density at radius 2 is 2.50 bits per heavy atom. The van der Waals surface area contributed by atoms with Gasteiger partial charge in [-0.3, -0.25) is 0 Å². The molecule has 108 valence electrons. The zero-order valence-electron chi connectivity index (χ0n) is 11.2. The van der Waals surface area contributed by atoms with Gasteiger partial charge in [-0.25, -0.2) is 10.2 Å². The molecule has 2 rings (SSSR count). The average Bonchev–Trinajstić information content (AvgIpc) is 2.92. The molecule has 0 aromatic heterocycles. The molecular formula is C14H19N3O3. The first-order valence-electron chi connectivity index (χ1n) is 6.61. The minimum Gasteiger partial charge on any atom is -0.376 e. The highest BCUT2D eigenvalue weighted by atomic mass is 16.5. The Labute approximate surface area is 117 Å². The standard InChI is InChI=1S/C14H19N3O3/c15-14(18)17-16-8-11-3-1-4-12(7-11)9-19-10-13-5-2-6-20-13/h1,3-4,7-8,13H,2,5-6,9-10H2,(H3,15,17,18). The summed E-state index contributed by atoms with van der Waals surface area (Å²) in [5.74, 6) is 0. The van der Waals surface area contributed by atoms with Crippen molar-refractivity contribution in [3.8, 4) is 0 Å². The summed E-state index contributed by atoms with van der Waals surface area (Å²) >= 11 is 0. The molecule has 3 N–H and O–H groups in total. The number of benzene rings is 1. The molecule has 0 bridgehead atoms. The van der Waals surface area contributed by atoms with Gasteiger partial charge in [-0.2, -0.15) is 5.10 Å². The van der Waals surface area contributed by atoms with E-state index in [0.29, 0.717) is 13.2 Å². The second kappa shape index (κ2) is 7.62. The molecule has 1 aromatic rings. The van der Waals surface area contributed by atoms with Gasteiger partial charge in [0, 0.05) is 6.61 Å². The topological polar surface area (TPSA) is 85.9 Å². The van der Waals surface area contributed by atoms with Gasteiger partial charge in [-0.05, 0) is 30.0 Å². The van der Waals surface area contributed by atoms with Crippen LogP contribution in [0.4, 0.5) is 4.79 Å². The maximum absolute atomic E-state index is 10.5. The van der Waals surface area contributed by atoms with Gasteiger partial charge in [-0.15, -0.1) is 0 Å². The average molecular weight is 277 g/mol. The summed E-state index contributed by atoms with van der Waals surface area (Å²) in [5, 5.41) is 3.72. The molecule has 1 saturated heterocycles. The van der Waals surface area contributed by atoms with Gasteiger partial charge in [0.05, 0.1) is 25.5 Å². The number of carbonyl (C=O) groups excluding carboxylic acids is 1. The number of urea groups is 1. The molecule has 1 heterocycles. The molecule has 0 radical (unpaired) electrons. The van der Waals surface area contributed by atoms with Crippen molar-refractivity contribution >= 4 is 12.2 Å². The van der Waals surface area contributed by atoms with Crippen molar-refractivity contribution in [3.63, 3.8) is 0 Å². The Morgan fingerprint density at radius 1 is 1.60 bits per heavy atom. The summed E-state index contributed by atoms with van der Waals surface area (Å²) in [6, 6.07) is 7.04. The molecule has 1 aromatic carbocycles. The Morgan fingerprint density at radius 3 is 3.25 bits per heavy atom. The number of rotatable bonds is 6. The third kappa shape index (κ3) is 4.99. The van der Waals surface area contributed by atoms with E-state index in [0.717, 1.165) is 30.6 Å². The second-order valence-corrected chi connectivity index (χ2v) is 4.63. The molecule has 1 atom stereocenters. The van der Waals surface area contributed by atoms with Crippen molar-refractivity contribution in [1.82, 2.24) is 5.43 Å². The fourth-order valence-corrected chi connectivity index (χ4v) is 2.02. The Balaban J connectivity index is 1.79. The summed E-state index contributed by atoms with van der Waals surface area (Å²) in [5.41, 5.74) is 8.99. The van der Waals surface area contributed by atoms with Crippen LogP contribution in [0.3, 0.4) is 0 Å². The molecule has 6 nitrogen and oxygen atoms in total. The third-order valence-electron chi connectivity index (χ3n) is 2.94. The minimum absolute atomic E-state index is 0.236. The fraction of sp³-hybridized carbons (Fsp3) is 0.429. The van der Waals surface area contributed by atoms with Gasteiger partial charge in [0.1, 0.15) is 0 Å². The molecule has 2 amide bonds. The molecule has 1 aliphatic rings. The molecule has 0 spiro atoms. The number of hydrogen-bond donors (Lipinski definition) is 2. The monoisotopic (exact) mass is 277 g/mol. The number of nitrogens with two attached hydrogens (primary N) is 1. The van der Waals surface area contributed by atoms with E-state index in [-0.39, 0.29) is 6.10 Å². The first-order valence-corrected chi connectivity index (χ1v) is 6.61. The van der Waals surface area contributed by atoms with Crippen LogP contribution in [-0.2, 0) is 16.1 Å². The predicted molar refractivity (Wildman–Crippen MR) is 75.4 cm³/mol. The molecule has 20 heavy (non-hydrogen) atoms. The largest absolute Gasteiger partial charge is 0.376 e. The van der Waals surface area contributed by atoms with Crippen LogP contribution in [0.2, 0.25) is 0 Å². The van der Waals surface area contributed by atoms with Crippen molar-refractivity contribution in [3.05, 3.63) is 35.4 Å². The maximum atomic E-state index is 10.5. The van der Waals surface area contributed by atoms with Crippen molar-refractivity contribution in [1.29, 1.82) is 0 Å². The van der Waals surface area contributed by atoms with Crippen LogP contribution < -0.4 is 11.2 Å². The van der Waals surface area contributed by atoms with Gasteiger partial charge in [0.25, 0.3) is 0 Å². The lowest BCUT2D eigenvalue weighted by molar-refractivity contribution is 0.0106. The maximum Gasteiger partial charge on any atom is 0.332 e. The van der Waals surface area contributed by atoms with E-state index in [2.05, 4.69) is 10.5 Å². The van der Waals surface area contributed by atoms with E-state index in [1.54, 1.807) is 0 Å². The molecule has 1 fully saturated rings. The van der Waals surface area contributed by atoms with Crippen molar-refractivity contribution < 1.29 is 14.3 Å². The first kappa shape index (κ1) is 14.5. The molecule has 0 aliphatic carbocycles. The predicted octanol–water partition coefficient (Wildman–Crippen LogP) is 1.38. The van der Waals surface area contributed by atoms with Gasteiger partial charge in [-0.1, -0.05) is 18.2 Å². The van der Waals surface area contributed by atoms with E-state index in [1.165, 1.54) is 6.21 Å². The number of carbonyl (C=O) groups is 1. The van der Waals surface area contributed by atoms with E-state index >= 15 is 0 Å². The zero-order chi connectivity index (χ0) is 14.2. The van der Waals surface area contributed by atoms with Crippen molar-refractivity contribution in [2.45, 2.75) is 25.6 Å². The van der Waals surface area contributed by atoms with Crippen LogP contribution >= 0.6 is 0 Å². The summed E-state index contributed by atoms with van der Waals surface area (Å²) in [4.78, 5) is 10.5. The smallest absolute Gasteiger partial charge is 0.332 e. The number of nitrogens with one attached hydrogen (secondary N) is 1. The number of nitrogens with zero attached hydrogens (tertiary/aromatic N) is 1. The van der Waals surface area contributed by atoms with Crippen LogP contribution in [0.15, 0.2) is 29.4 Å². The van der Waals surface area contributed by atoms with Crippen molar-refractivity contribution in [2.75, 3.05) is 13.2 Å². The molecule has 0 saturated carbocycles. The van der Waals surface area contributed by atoms with E-state index in [4.69, 9.17) is 15.2 Å². The van der Waals surface area contributed by atoms with Gasteiger partial charge in [0.15, 0.2) is 0 Å². The normalized spacial score (nSPS) is 18.5. The van der Waals surface area contributed by atoms with E-state index in [1.807, 2.05) is 24.3 Å². The molecular weight excluding hydrogens is 258 g/mol. The van der Waals surface area contributed by atoms with Crippen LogP contribution in [0.5, 0.6) is 0 Å². The van der Waals surface area contributed by atoms with Crippen LogP contribution in [0.25, 0.3) is 0 Å². The third-order valence-corrected chi connectivity index (χ3v) is 2.94. The quantitative estimate of drug-likeness (QED) is 0.608. The summed E-state index contributed by atoms with van der Waals surface area (Å²) in [6.45, 7) is 2.00. The lowest BCUT2D eigenvalue weighted by Gasteiger charge is -2.10. The number of primary amides is 1. The lowest BCUT2D eigenvalue weighted by atomic mass is 10.1. The zero-order valence-corrected chi connectivity index (χ0v) is 11.2. The van der Waals surface area contributed by atoms with Crippen molar-refractivity contribution in [2.24, 2.45) is 10.8 Å². The highest BCUT2D eigenvalue weighted by molar-refractivity contribution is 5.81. The van der Waals surface area contributed by atoms with E-state index < -0.39 is 6.03 Å². The number of amides is 2. The van der Waals surface area contributed by atoms with Crippen LogP contribution in [-0.4, -0.2) is 31.6 Å². The van der Waals surface area contributed by atoms with Crippen LogP contribution in [0, 0.1) is 0 Å². The molecule has 1 aliphatic heterocycles. The molecule has 6 heteroatoms. The number of ether oxygens (including phenoxy) is 2. The SMILES string of the molecule is NC(=O)NN=Cc1cccc(COCC2CCCO2)c1. The highest BCUT2D eigenvalue weighted by Gasteiger charge is 2.15. The van der Waals surface area contributed by atoms with Crippen LogP contribution in [0.1, 0.15) is 24.0 Å². The Bertz CT molecular complexity index is 470. The number of hydrogen-bond acceptors (Lipinski definition) is 4. The summed E-state index contributed by atoms with van der Waals surface area (Å²) in [7, 11) is 0. The van der Waals surface area contributed by atoms with Gasteiger partial charge in [0.2, 0.25) is 0 Å². The van der Waals surface area contributed by atoms with Gasteiger partial charge >= 0.3 is 6.03 Å². The number of hydrazone groups is 1. The Kier molecular flexibility index (Phi) is 5.52. The summed E-state index contributed by atoms with van der Waals surface area (Å²) < 4.78 is 11.1. The molecule has 1 unspecified atom stereocenters. The van der Waals surface area contributed by atoms with E-state index in [9.17, 15) is 4.79 Å². The highest BCUT2D eigenvalue weighted by Crippen LogP contribution is 2.13. The Hall–Kier alpha value is -1.92. The lowest BCUT2D eigenvalue weighted by Crippen LogP contribution is -2.24. The second-order valence-electron chi connectivity index (χ2n) is 4.63. The minimum atomic E-state index is -0.683. The van der Waals surface area contributed by atoms with Gasteiger partial charge < -0.3 is 15.2 Å². The first-order chi connectivity index (χ1) is 9.74.